The summed E-state index contributed by atoms with van der Waals surface area (Å²) in [4.78, 5) is 19.5. The van der Waals surface area contributed by atoms with Crippen LogP contribution in [0, 0.1) is 0 Å². The molecule has 2 aromatic rings. The average molecular weight is 523 g/mol. The van der Waals surface area contributed by atoms with E-state index in [0.29, 0.717) is 13.3 Å². The number of imidazole rings is 1. The van der Waals surface area contributed by atoms with Gasteiger partial charge in [0.05, 0.1) is 17.9 Å². The van der Waals surface area contributed by atoms with E-state index in [1.54, 1.807) is 0 Å². The van der Waals surface area contributed by atoms with Gasteiger partial charge in [-0.1, -0.05) is 47.7 Å². The van der Waals surface area contributed by atoms with Crippen LogP contribution in [0.1, 0.15) is 45.5 Å². The van der Waals surface area contributed by atoms with Crippen molar-refractivity contribution in [1.29, 1.82) is 0 Å². The number of aromatic nitrogens is 2. The third-order valence-corrected chi connectivity index (χ3v) is 7.65. The molecule has 8 heteroatoms. The van der Waals surface area contributed by atoms with Crippen molar-refractivity contribution in [3.8, 4) is 11.3 Å². The number of rotatable bonds is 7. The van der Waals surface area contributed by atoms with Crippen molar-refractivity contribution in [1.82, 2.24) is 14.5 Å². The van der Waals surface area contributed by atoms with Gasteiger partial charge >= 0.3 is 6.09 Å². The van der Waals surface area contributed by atoms with Crippen molar-refractivity contribution in [2.24, 2.45) is 0 Å². The highest BCUT2D eigenvalue weighted by Gasteiger charge is 2.36. The van der Waals surface area contributed by atoms with Gasteiger partial charge in [-0.25, -0.2) is 9.78 Å². The molecular formula is C24H36BrN3O3Si. The summed E-state index contributed by atoms with van der Waals surface area (Å²) in [5, 5.41) is 0. The van der Waals surface area contributed by atoms with E-state index in [1.807, 2.05) is 44.0 Å². The van der Waals surface area contributed by atoms with Crippen molar-refractivity contribution >= 4 is 30.1 Å². The number of benzene rings is 1. The van der Waals surface area contributed by atoms with Gasteiger partial charge in [-0.05, 0) is 57.4 Å². The van der Waals surface area contributed by atoms with E-state index >= 15 is 0 Å². The maximum Gasteiger partial charge on any atom is 0.410 e. The van der Waals surface area contributed by atoms with Crippen LogP contribution in [0.2, 0.25) is 25.7 Å². The number of hydrogen-bond donors (Lipinski definition) is 0. The van der Waals surface area contributed by atoms with Crippen LogP contribution in [0.5, 0.6) is 0 Å². The summed E-state index contributed by atoms with van der Waals surface area (Å²) in [7, 11) is -1.18. The predicted molar refractivity (Wildman–Crippen MR) is 134 cm³/mol. The van der Waals surface area contributed by atoms with E-state index in [-0.39, 0.29) is 12.1 Å². The normalized spacial score (nSPS) is 17.1. The highest BCUT2D eigenvalue weighted by Crippen LogP contribution is 2.35. The molecule has 0 saturated carbocycles. The third-order valence-electron chi connectivity index (χ3n) is 5.42. The molecule has 1 saturated heterocycles. The van der Waals surface area contributed by atoms with E-state index in [4.69, 9.17) is 14.5 Å². The van der Waals surface area contributed by atoms with Crippen molar-refractivity contribution in [3.05, 3.63) is 40.8 Å². The molecule has 6 nitrogen and oxygen atoms in total. The molecule has 1 aromatic carbocycles. The number of hydrogen-bond acceptors (Lipinski definition) is 4. The highest BCUT2D eigenvalue weighted by atomic mass is 79.9. The number of likely N-dealkylation sites (tertiary alicyclic amines) is 1. The number of ether oxygens (including phenoxy) is 2. The molecule has 0 N–H and O–H groups in total. The monoisotopic (exact) mass is 521 g/mol. The van der Waals surface area contributed by atoms with Crippen LogP contribution in [0.15, 0.2) is 34.9 Å². The van der Waals surface area contributed by atoms with E-state index < -0.39 is 13.7 Å². The van der Waals surface area contributed by atoms with Crippen LogP contribution in [0.25, 0.3) is 11.3 Å². The fourth-order valence-electron chi connectivity index (χ4n) is 3.75. The van der Waals surface area contributed by atoms with E-state index in [1.165, 1.54) is 0 Å². The first-order valence-corrected chi connectivity index (χ1v) is 15.8. The zero-order chi connectivity index (χ0) is 23.5. The van der Waals surface area contributed by atoms with Gasteiger partial charge in [0.25, 0.3) is 0 Å². The molecule has 0 spiro atoms. The highest BCUT2D eigenvalue weighted by molar-refractivity contribution is 9.10. The molecule has 1 fully saturated rings. The molecule has 32 heavy (non-hydrogen) atoms. The van der Waals surface area contributed by atoms with Crippen LogP contribution in [0.3, 0.4) is 0 Å². The molecule has 1 amide bonds. The molecule has 2 heterocycles. The molecule has 0 radical (unpaired) electrons. The van der Waals surface area contributed by atoms with Crippen LogP contribution in [0.4, 0.5) is 4.79 Å². The van der Waals surface area contributed by atoms with Crippen molar-refractivity contribution < 1.29 is 14.3 Å². The molecular weight excluding hydrogens is 486 g/mol. The molecule has 1 atom stereocenters. The summed E-state index contributed by atoms with van der Waals surface area (Å²) in [6, 6.07) is 9.20. The number of halogens is 1. The lowest BCUT2D eigenvalue weighted by Gasteiger charge is -2.29. The van der Waals surface area contributed by atoms with Crippen molar-refractivity contribution in [2.45, 2.75) is 77.7 Å². The first-order valence-electron chi connectivity index (χ1n) is 11.3. The number of carbonyl (C=O) groups is 1. The Morgan fingerprint density at radius 1 is 1.22 bits per heavy atom. The number of nitrogens with zero attached hydrogens (tertiary/aromatic N) is 3. The Morgan fingerprint density at radius 3 is 2.53 bits per heavy atom. The van der Waals surface area contributed by atoms with Gasteiger partial charge in [-0.15, -0.1) is 0 Å². The fourth-order valence-corrected chi connectivity index (χ4v) is 4.77. The lowest BCUT2D eigenvalue weighted by atomic mass is 10.1. The van der Waals surface area contributed by atoms with E-state index in [0.717, 1.165) is 47.0 Å². The van der Waals surface area contributed by atoms with Crippen LogP contribution < -0.4 is 0 Å². The van der Waals surface area contributed by atoms with Crippen LogP contribution in [-0.4, -0.2) is 47.4 Å². The summed E-state index contributed by atoms with van der Waals surface area (Å²) in [5.41, 5.74) is 1.54. The molecule has 0 bridgehead atoms. The zero-order valence-corrected chi connectivity index (χ0v) is 22.7. The maximum atomic E-state index is 12.9. The maximum absolute atomic E-state index is 12.9. The summed E-state index contributed by atoms with van der Waals surface area (Å²) in [5.74, 6) is 0.860. The Kier molecular flexibility index (Phi) is 7.88. The van der Waals surface area contributed by atoms with Crippen LogP contribution in [-0.2, 0) is 16.2 Å². The Labute approximate surface area is 201 Å². The minimum atomic E-state index is -1.18. The van der Waals surface area contributed by atoms with Crippen molar-refractivity contribution in [3.63, 3.8) is 0 Å². The molecule has 1 aliphatic rings. The minimum Gasteiger partial charge on any atom is -0.444 e. The third kappa shape index (κ3) is 6.68. The summed E-state index contributed by atoms with van der Waals surface area (Å²) < 4.78 is 15.0. The largest absolute Gasteiger partial charge is 0.444 e. The Morgan fingerprint density at radius 2 is 1.91 bits per heavy atom. The SMILES string of the molecule is CC(C)(C)OC(=O)N1CCC[C@H]1c1ncc(-c2ccc(Br)cc2)n1COCC[Si](C)(C)C. The standard InChI is InChI=1S/C24H36BrN3O3Si/c1-24(2,3)31-23(29)27-13-7-8-20(27)22-26-16-21(18-9-11-19(25)12-10-18)28(22)17-30-14-15-32(4,5)6/h9-12,16,20H,7-8,13-15,17H2,1-6H3/t20-/m0/s1. The number of amides is 1. The van der Waals surface area contributed by atoms with Gasteiger partial charge in [0.1, 0.15) is 18.2 Å². The topological polar surface area (TPSA) is 56.6 Å². The first kappa shape index (κ1) is 25.0. The van der Waals surface area contributed by atoms with Crippen molar-refractivity contribution in [2.75, 3.05) is 13.2 Å². The van der Waals surface area contributed by atoms with Crippen LogP contribution >= 0.6 is 15.9 Å². The Balaban J connectivity index is 1.88. The lowest BCUT2D eigenvalue weighted by molar-refractivity contribution is 0.0204. The Bertz CT molecular complexity index is 916. The molecule has 0 aliphatic carbocycles. The molecule has 0 unspecified atom stereocenters. The first-order chi connectivity index (χ1) is 14.9. The van der Waals surface area contributed by atoms with Gasteiger partial charge in [-0.2, -0.15) is 0 Å². The summed E-state index contributed by atoms with van der Waals surface area (Å²) in [6.07, 6.45) is 3.41. The predicted octanol–water partition coefficient (Wildman–Crippen LogP) is 6.70. The Hall–Kier alpha value is -1.64. The van der Waals surface area contributed by atoms with Gasteiger partial charge in [0, 0.05) is 25.7 Å². The molecule has 176 valence electrons. The van der Waals surface area contributed by atoms with Gasteiger partial charge in [0.15, 0.2) is 0 Å². The second-order valence-corrected chi connectivity index (χ2v) is 17.2. The molecule has 3 rings (SSSR count). The number of carbonyl (C=O) groups excluding carboxylic acids is 1. The van der Waals surface area contributed by atoms with Gasteiger partial charge in [0.2, 0.25) is 0 Å². The molecule has 1 aromatic heterocycles. The smallest absolute Gasteiger partial charge is 0.410 e. The fraction of sp³-hybridized carbons (Fsp3) is 0.583. The average Bonchev–Trinajstić information content (AvgIpc) is 3.30. The second-order valence-electron chi connectivity index (χ2n) is 10.6. The van der Waals surface area contributed by atoms with Gasteiger partial charge < -0.3 is 14.0 Å². The van der Waals surface area contributed by atoms with E-state index in [9.17, 15) is 4.79 Å². The second kappa shape index (κ2) is 10.1. The minimum absolute atomic E-state index is 0.116. The van der Waals surface area contributed by atoms with Gasteiger partial charge in [-0.3, -0.25) is 4.90 Å². The quantitative estimate of drug-likeness (QED) is 0.300. The van der Waals surface area contributed by atoms with E-state index in [2.05, 4.69) is 52.3 Å². The zero-order valence-electron chi connectivity index (χ0n) is 20.2. The summed E-state index contributed by atoms with van der Waals surface area (Å²) >= 11 is 3.51. The lowest BCUT2D eigenvalue weighted by Crippen LogP contribution is -2.37. The summed E-state index contributed by atoms with van der Waals surface area (Å²) in [6.45, 7) is 14.6. The molecule has 1 aliphatic heterocycles.